The number of nitrogens with one attached hydrogen (secondary N) is 1. The molecule has 0 aromatic heterocycles. The number of ether oxygens (including phenoxy) is 4. The number of hydrogen-bond donors (Lipinski definition) is 1. The van der Waals surface area contributed by atoms with Crippen LogP contribution in [0.1, 0.15) is 18.5 Å². The number of para-hydroxylation sites is 1. The third-order valence-electron chi connectivity index (χ3n) is 5.01. The van der Waals surface area contributed by atoms with Crippen LogP contribution in [0.4, 0.5) is 9.18 Å². The number of amides is 2. The Morgan fingerprint density at radius 2 is 1.81 bits per heavy atom. The van der Waals surface area contributed by atoms with Crippen molar-refractivity contribution in [2.24, 2.45) is 0 Å². The molecule has 0 spiro atoms. The Morgan fingerprint density at radius 1 is 1.09 bits per heavy atom. The van der Waals surface area contributed by atoms with Crippen LogP contribution in [0, 0.1) is 5.82 Å². The van der Waals surface area contributed by atoms with Gasteiger partial charge in [0.15, 0.2) is 23.1 Å². The van der Waals surface area contributed by atoms with Crippen LogP contribution in [0.2, 0.25) is 0 Å². The molecule has 1 aliphatic heterocycles. The topological polar surface area (TPSA) is 86.3 Å². The molecule has 0 saturated carbocycles. The molecule has 0 unspecified atom stereocenters. The van der Waals surface area contributed by atoms with Crippen LogP contribution in [0.3, 0.4) is 0 Å². The van der Waals surface area contributed by atoms with E-state index in [9.17, 15) is 14.0 Å². The molecule has 8 nitrogen and oxygen atoms in total. The third-order valence-corrected chi connectivity index (χ3v) is 5.01. The van der Waals surface area contributed by atoms with Crippen LogP contribution in [0.5, 0.6) is 17.2 Å². The quantitative estimate of drug-likeness (QED) is 0.628. The van der Waals surface area contributed by atoms with Crippen molar-refractivity contribution in [3.8, 4) is 17.2 Å². The number of likely N-dealkylation sites (N-methyl/N-ethyl adjacent to an activating group) is 1. The Kier molecular flexibility index (Phi) is 7.19. The second-order valence-corrected chi connectivity index (χ2v) is 6.86. The van der Waals surface area contributed by atoms with Crippen LogP contribution in [-0.4, -0.2) is 51.4 Å². The molecule has 0 aliphatic carbocycles. The van der Waals surface area contributed by atoms with E-state index in [1.165, 1.54) is 38.3 Å². The molecule has 1 N–H and O–H groups in total. The second kappa shape index (κ2) is 10.0. The molecule has 0 radical (unpaired) electrons. The van der Waals surface area contributed by atoms with E-state index in [-0.39, 0.29) is 30.2 Å². The molecule has 3 rings (SSSR count). The number of carbonyl (C=O) groups is 2. The molecule has 0 bridgehead atoms. The molecular weight excluding hydrogens is 419 g/mol. The molecule has 2 amide bonds. The zero-order chi connectivity index (χ0) is 23.3. The Bertz CT molecular complexity index is 1040. The molecule has 170 valence electrons. The van der Waals surface area contributed by atoms with Gasteiger partial charge in [-0.1, -0.05) is 18.2 Å². The van der Waals surface area contributed by atoms with Gasteiger partial charge < -0.3 is 24.3 Å². The summed E-state index contributed by atoms with van der Waals surface area (Å²) in [4.78, 5) is 26.9. The van der Waals surface area contributed by atoms with E-state index in [2.05, 4.69) is 5.32 Å². The van der Waals surface area contributed by atoms with Crippen molar-refractivity contribution in [2.45, 2.75) is 13.0 Å². The van der Waals surface area contributed by atoms with Gasteiger partial charge >= 0.3 is 12.0 Å². The highest BCUT2D eigenvalue weighted by Gasteiger charge is 2.37. The van der Waals surface area contributed by atoms with E-state index in [4.69, 9.17) is 18.9 Å². The summed E-state index contributed by atoms with van der Waals surface area (Å²) >= 11 is 0. The van der Waals surface area contributed by atoms with Gasteiger partial charge in [-0.05, 0) is 36.8 Å². The van der Waals surface area contributed by atoms with Crippen LogP contribution in [-0.2, 0) is 9.53 Å². The lowest BCUT2D eigenvalue weighted by atomic mass is 9.94. The summed E-state index contributed by atoms with van der Waals surface area (Å²) in [5, 5.41) is 2.80. The number of benzene rings is 2. The first-order valence-corrected chi connectivity index (χ1v) is 9.94. The summed E-state index contributed by atoms with van der Waals surface area (Å²) in [7, 11) is 4.50. The Morgan fingerprint density at radius 3 is 2.47 bits per heavy atom. The van der Waals surface area contributed by atoms with E-state index in [0.29, 0.717) is 17.1 Å². The first-order chi connectivity index (χ1) is 15.4. The average Bonchev–Trinajstić information content (AvgIpc) is 2.80. The monoisotopic (exact) mass is 444 g/mol. The largest absolute Gasteiger partial charge is 0.493 e. The standard InChI is InChI=1S/C23H25FN2O6/c1-5-31-22(27)20-16(13-32-17-9-7-6-8-15(17)24)26(2)23(28)25-21(20)14-10-11-18(29-3)19(12-14)30-4/h6-12,21H,5,13H2,1-4H3,(H,25,28)/t21-/m1/s1. The minimum Gasteiger partial charge on any atom is -0.493 e. The van der Waals surface area contributed by atoms with Gasteiger partial charge in [-0.2, -0.15) is 0 Å². The summed E-state index contributed by atoms with van der Waals surface area (Å²) < 4.78 is 35.5. The minimum atomic E-state index is -0.836. The lowest BCUT2D eigenvalue weighted by Crippen LogP contribution is -2.48. The number of nitrogens with zero attached hydrogens (tertiary/aromatic N) is 1. The zero-order valence-corrected chi connectivity index (χ0v) is 18.3. The molecule has 32 heavy (non-hydrogen) atoms. The minimum absolute atomic E-state index is 0.00487. The number of methoxy groups -OCH3 is 2. The molecular formula is C23H25FN2O6. The number of esters is 1. The van der Waals surface area contributed by atoms with Crippen LogP contribution >= 0.6 is 0 Å². The Balaban J connectivity index is 2.08. The number of carbonyl (C=O) groups excluding carboxylic acids is 2. The lowest BCUT2D eigenvalue weighted by Gasteiger charge is -2.34. The smallest absolute Gasteiger partial charge is 0.338 e. The molecule has 0 saturated heterocycles. The van der Waals surface area contributed by atoms with E-state index in [1.807, 2.05) is 0 Å². The maximum absolute atomic E-state index is 14.0. The number of hydrogen-bond acceptors (Lipinski definition) is 6. The van der Waals surface area contributed by atoms with Gasteiger partial charge in [0, 0.05) is 7.05 Å². The zero-order valence-electron chi connectivity index (χ0n) is 18.3. The first-order valence-electron chi connectivity index (χ1n) is 9.94. The molecule has 9 heteroatoms. The van der Waals surface area contributed by atoms with Crippen molar-refractivity contribution >= 4 is 12.0 Å². The van der Waals surface area contributed by atoms with Gasteiger partial charge in [0.25, 0.3) is 0 Å². The van der Waals surface area contributed by atoms with Gasteiger partial charge in [0.2, 0.25) is 0 Å². The van der Waals surface area contributed by atoms with Gasteiger partial charge in [0.1, 0.15) is 6.61 Å². The van der Waals surface area contributed by atoms with E-state index in [1.54, 1.807) is 37.3 Å². The first kappa shape index (κ1) is 22.9. The van der Waals surface area contributed by atoms with Gasteiger partial charge in [-0.25, -0.2) is 14.0 Å². The number of halogens is 1. The van der Waals surface area contributed by atoms with Gasteiger partial charge in [-0.3, -0.25) is 4.90 Å². The number of rotatable bonds is 8. The van der Waals surface area contributed by atoms with Crippen molar-refractivity contribution in [1.29, 1.82) is 0 Å². The predicted octanol–water partition coefficient (Wildman–Crippen LogP) is 3.44. The number of urea groups is 1. The summed E-state index contributed by atoms with van der Waals surface area (Å²) in [6, 6.07) is 9.67. The SMILES string of the molecule is CCOC(=O)C1=C(COc2ccccc2F)N(C)C(=O)N[C@@H]1c1ccc(OC)c(OC)c1. The second-order valence-electron chi connectivity index (χ2n) is 6.86. The fourth-order valence-electron chi connectivity index (χ4n) is 3.37. The van der Waals surface area contributed by atoms with Crippen molar-refractivity contribution in [1.82, 2.24) is 10.2 Å². The fourth-order valence-corrected chi connectivity index (χ4v) is 3.37. The summed E-state index contributed by atoms with van der Waals surface area (Å²) in [6.07, 6.45) is 0. The fraction of sp³-hybridized carbons (Fsp3) is 0.304. The van der Waals surface area contributed by atoms with Crippen molar-refractivity contribution in [3.05, 3.63) is 65.1 Å². The van der Waals surface area contributed by atoms with Gasteiger partial charge in [-0.15, -0.1) is 0 Å². The van der Waals surface area contributed by atoms with Crippen LogP contribution in [0.25, 0.3) is 0 Å². The highest BCUT2D eigenvalue weighted by atomic mass is 19.1. The highest BCUT2D eigenvalue weighted by Crippen LogP contribution is 2.36. The third kappa shape index (κ3) is 4.61. The molecule has 1 aliphatic rings. The van der Waals surface area contributed by atoms with Crippen LogP contribution < -0.4 is 19.5 Å². The van der Waals surface area contributed by atoms with Gasteiger partial charge in [0.05, 0.1) is 38.1 Å². The predicted molar refractivity (Wildman–Crippen MR) is 114 cm³/mol. The summed E-state index contributed by atoms with van der Waals surface area (Å²) in [5.41, 5.74) is 1.02. The van der Waals surface area contributed by atoms with E-state index < -0.39 is 23.9 Å². The van der Waals surface area contributed by atoms with Crippen molar-refractivity contribution in [3.63, 3.8) is 0 Å². The van der Waals surface area contributed by atoms with E-state index in [0.717, 1.165) is 0 Å². The molecule has 1 atom stereocenters. The van der Waals surface area contributed by atoms with Crippen molar-refractivity contribution in [2.75, 3.05) is 34.5 Å². The molecule has 2 aromatic rings. The maximum Gasteiger partial charge on any atom is 0.338 e. The molecule has 2 aromatic carbocycles. The average molecular weight is 444 g/mol. The van der Waals surface area contributed by atoms with Crippen molar-refractivity contribution < 1.29 is 32.9 Å². The van der Waals surface area contributed by atoms with E-state index >= 15 is 0 Å². The Hall–Kier alpha value is -3.75. The summed E-state index contributed by atoms with van der Waals surface area (Å²) in [5.74, 6) is -0.229. The molecule has 1 heterocycles. The molecule has 0 fully saturated rings. The maximum atomic E-state index is 14.0. The summed E-state index contributed by atoms with van der Waals surface area (Å²) in [6.45, 7) is 1.60. The van der Waals surface area contributed by atoms with Crippen LogP contribution in [0.15, 0.2) is 53.7 Å². The highest BCUT2D eigenvalue weighted by molar-refractivity contribution is 5.95. The Labute approximate surface area is 185 Å². The lowest BCUT2D eigenvalue weighted by molar-refractivity contribution is -0.139. The normalized spacial score (nSPS) is 15.8.